The summed E-state index contributed by atoms with van der Waals surface area (Å²) in [7, 11) is 0. The quantitative estimate of drug-likeness (QED) is 0.774. The molecule has 3 rings (SSSR count). The zero-order valence-electron chi connectivity index (χ0n) is 10.4. The molecule has 19 heavy (non-hydrogen) atoms. The predicted molar refractivity (Wildman–Crippen MR) is 75.3 cm³/mol. The number of rotatable bonds is 3. The highest BCUT2D eigenvalue weighted by molar-refractivity contribution is 5.66. The van der Waals surface area contributed by atoms with Crippen LogP contribution >= 0.6 is 0 Å². The Hall–Kier alpha value is -2.39. The molecule has 0 aliphatic heterocycles. The highest BCUT2D eigenvalue weighted by Crippen LogP contribution is 2.25. The normalized spacial score (nSPS) is 10.6. The van der Waals surface area contributed by atoms with Crippen LogP contribution in [0.3, 0.4) is 0 Å². The lowest BCUT2D eigenvalue weighted by molar-refractivity contribution is 0.435. The number of hydrogen-bond acceptors (Lipinski definition) is 3. The maximum absolute atomic E-state index is 5.58. The van der Waals surface area contributed by atoms with Crippen LogP contribution in [0, 0.1) is 0 Å². The Labute approximate surface area is 111 Å². The zero-order chi connectivity index (χ0) is 13.1. The summed E-state index contributed by atoms with van der Waals surface area (Å²) in [4.78, 5) is 0. The summed E-state index contributed by atoms with van der Waals surface area (Å²) in [6.45, 7) is 0.550. The fraction of sp³-hybridized carbons (Fsp3) is 0.0625. The minimum atomic E-state index is 0.550. The second-order valence-corrected chi connectivity index (χ2v) is 4.34. The topological polar surface area (TPSA) is 52.0 Å². The van der Waals surface area contributed by atoms with Crippen LogP contribution < -0.4 is 5.73 Å². The van der Waals surface area contributed by atoms with Crippen molar-refractivity contribution in [2.24, 2.45) is 5.73 Å². The van der Waals surface area contributed by atoms with E-state index in [-0.39, 0.29) is 0 Å². The number of nitrogens with two attached hydrogens (primary N) is 1. The van der Waals surface area contributed by atoms with Gasteiger partial charge in [-0.05, 0) is 5.56 Å². The van der Waals surface area contributed by atoms with Crippen LogP contribution in [0.25, 0.3) is 22.6 Å². The standard InChI is InChI=1S/C16H14N2O/c17-11-12-6-8-13(9-7-12)15-10-16(19-18-15)14-4-2-1-3-5-14/h1-10H,11,17H2. The maximum Gasteiger partial charge on any atom is 0.167 e. The van der Waals surface area contributed by atoms with E-state index in [9.17, 15) is 0 Å². The van der Waals surface area contributed by atoms with Crippen molar-refractivity contribution in [2.45, 2.75) is 6.54 Å². The third-order valence-electron chi connectivity index (χ3n) is 3.05. The zero-order valence-corrected chi connectivity index (χ0v) is 10.4. The molecule has 0 aliphatic rings. The van der Waals surface area contributed by atoms with Gasteiger partial charge in [0.05, 0.1) is 0 Å². The average Bonchev–Trinajstić information content (AvgIpc) is 2.98. The van der Waals surface area contributed by atoms with E-state index >= 15 is 0 Å². The van der Waals surface area contributed by atoms with Gasteiger partial charge in [-0.15, -0.1) is 0 Å². The van der Waals surface area contributed by atoms with Gasteiger partial charge in [-0.1, -0.05) is 59.8 Å². The van der Waals surface area contributed by atoms with Crippen LogP contribution in [0.1, 0.15) is 5.56 Å². The lowest BCUT2D eigenvalue weighted by atomic mass is 10.1. The summed E-state index contributed by atoms with van der Waals surface area (Å²) < 4.78 is 5.39. The maximum atomic E-state index is 5.58. The van der Waals surface area contributed by atoms with E-state index < -0.39 is 0 Å². The molecule has 0 spiro atoms. The van der Waals surface area contributed by atoms with Crippen molar-refractivity contribution >= 4 is 0 Å². The SMILES string of the molecule is NCc1ccc(-c2cc(-c3ccccc3)on2)cc1. The van der Waals surface area contributed by atoms with E-state index in [0.29, 0.717) is 6.54 Å². The Morgan fingerprint density at radius 1 is 0.895 bits per heavy atom. The molecule has 2 N–H and O–H groups in total. The fourth-order valence-corrected chi connectivity index (χ4v) is 1.96. The Kier molecular flexibility index (Phi) is 3.12. The molecule has 1 aromatic heterocycles. The number of nitrogens with zero attached hydrogens (tertiary/aromatic N) is 1. The molecular weight excluding hydrogens is 236 g/mol. The van der Waals surface area contributed by atoms with Gasteiger partial charge < -0.3 is 10.3 Å². The van der Waals surface area contributed by atoms with Gasteiger partial charge >= 0.3 is 0 Å². The van der Waals surface area contributed by atoms with E-state index in [0.717, 1.165) is 28.1 Å². The van der Waals surface area contributed by atoms with Gasteiger partial charge in [0.25, 0.3) is 0 Å². The van der Waals surface area contributed by atoms with Crippen molar-refractivity contribution in [3.05, 3.63) is 66.2 Å². The third-order valence-corrected chi connectivity index (χ3v) is 3.05. The summed E-state index contributed by atoms with van der Waals surface area (Å²) in [6.07, 6.45) is 0. The van der Waals surface area contributed by atoms with E-state index in [1.807, 2.05) is 60.7 Å². The average molecular weight is 250 g/mol. The summed E-state index contributed by atoms with van der Waals surface area (Å²) in [5.74, 6) is 0.776. The number of benzene rings is 2. The van der Waals surface area contributed by atoms with Gasteiger partial charge in [-0.25, -0.2) is 0 Å². The van der Waals surface area contributed by atoms with Gasteiger partial charge in [0.15, 0.2) is 5.76 Å². The lowest BCUT2D eigenvalue weighted by Gasteiger charge is -1.98. The highest BCUT2D eigenvalue weighted by Gasteiger charge is 2.07. The molecule has 0 amide bonds. The number of hydrogen-bond donors (Lipinski definition) is 1. The van der Waals surface area contributed by atoms with Gasteiger partial charge in [0.2, 0.25) is 0 Å². The second-order valence-electron chi connectivity index (χ2n) is 4.34. The lowest BCUT2D eigenvalue weighted by Crippen LogP contribution is -1.95. The first-order valence-electron chi connectivity index (χ1n) is 6.18. The fourth-order valence-electron chi connectivity index (χ4n) is 1.96. The molecule has 3 nitrogen and oxygen atoms in total. The van der Waals surface area contributed by atoms with E-state index in [2.05, 4.69) is 5.16 Å². The third kappa shape index (κ3) is 2.41. The van der Waals surface area contributed by atoms with Crippen LogP contribution in [0.15, 0.2) is 65.2 Å². The minimum Gasteiger partial charge on any atom is -0.356 e. The first kappa shape index (κ1) is 11.7. The van der Waals surface area contributed by atoms with Gasteiger partial charge in [0.1, 0.15) is 5.69 Å². The van der Waals surface area contributed by atoms with E-state index in [4.69, 9.17) is 10.3 Å². The molecule has 0 saturated carbocycles. The van der Waals surface area contributed by atoms with Crippen molar-refractivity contribution in [2.75, 3.05) is 0 Å². The van der Waals surface area contributed by atoms with Crippen molar-refractivity contribution in [1.29, 1.82) is 0 Å². The molecule has 3 aromatic rings. The predicted octanol–water partition coefficient (Wildman–Crippen LogP) is 3.47. The Bertz CT molecular complexity index is 657. The smallest absolute Gasteiger partial charge is 0.167 e. The Balaban J connectivity index is 1.92. The van der Waals surface area contributed by atoms with Crippen molar-refractivity contribution < 1.29 is 4.52 Å². The molecule has 0 radical (unpaired) electrons. The van der Waals surface area contributed by atoms with Crippen LogP contribution in [0.5, 0.6) is 0 Å². The molecule has 3 heteroatoms. The first-order valence-corrected chi connectivity index (χ1v) is 6.18. The molecular formula is C16H14N2O. The van der Waals surface area contributed by atoms with E-state index in [1.165, 1.54) is 0 Å². The molecule has 0 saturated heterocycles. The van der Waals surface area contributed by atoms with Crippen molar-refractivity contribution in [3.8, 4) is 22.6 Å². The summed E-state index contributed by atoms with van der Waals surface area (Å²) in [6, 6.07) is 19.9. The van der Waals surface area contributed by atoms with Crippen LogP contribution in [0.2, 0.25) is 0 Å². The second kappa shape index (κ2) is 5.08. The number of aromatic nitrogens is 1. The molecule has 0 unspecified atom stereocenters. The minimum absolute atomic E-state index is 0.550. The van der Waals surface area contributed by atoms with Crippen LogP contribution in [0.4, 0.5) is 0 Å². The van der Waals surface area contributed by atoms with Crippen LogP contribution in [-0.2, 0) is 6.54 Å². The Morgan fingerprint density at radius 3 is 2.32 bits per heavy atom. The summed E-state index contributed by atoms with van der Waals surface area (Å²) >= 11 is 0. The van der Waals surface area contributed by atoms with Gasteiger partial charge in [-0.2, -0.15) is 0 Å². The Morgan fingerprint density at radius 2 is 1.63 bits per heavy atom. The largest absolute Gasteiger partial charge is 0.356 e. The molecule has 0 atom stereocenters. The molecule has 1 heterocycles. The molecule has 0 aliphatic carbocycles. The molecule has 94 valence electrons. The van der Waals surface area contributed by atoms with Crippen molar-refractivity contribution in [1.82, 2.24) is 5.16 Å². The van der Waals surface area contributed by atoms with E-state index in [1.54, 1.807) is 0 Å². The monoisotopic (exact) mass is 250 g/mol. The first-order chi connectivity index (χ1) is 9.36. The van der Waals surface area contributed by atoms with Crippen molar-refractivity contribution in [3.63, 3.8) is 0 Å². The summed E-state index contributed by atoms with van der Waals surface area (Å²) in [5.41, 5.74) is 9.59. The van der Waals surface area contributed by atoms with Crippen LogP contribution in [-0.4, -0.2) is 5.16 Å². The molecule has 0 bridgehead atoms. The molecule has 2 aromatic carbocycles. The summed E-state index contributed by atoms with van der Waals surface area (Å²) in [5, 5.41) is 4.11. The highest BCUT2D eigenvalue weighted by atomic mass is 16.5. The van der Waals surface area contributed by atoms with Gasteiger partial charge in [0, 0.05) is 23.7 Å². The van der Waals surface area contributed by atoms with Gasteiger partial charge in [-0.3, -0.25) is 0 Å². The molecule has 0 fully saturated rings.